The molecule has 0 bridgehead atoms. The van der Waals surface area contributed by atoms with Crippen LogP contribution in [0.2, 0.25) is 0 Å². The predicted molar refractivity (Wildman–Crippen MR) is 99.5 cm³/mol. The summed E-state index contributed by atoms with van der Waals surface area (Å²) in [5.41, 5.74) is 5.35. The molecule has 2 aromatic carbocycles. The van der Waals surface area contributed by atoms with Crippen molar-refractivity contribution in [1.29, 1.82) is 0 Å². The molecule has 1 atom stereocenters. The minimum atomic E-state index is -0.0381. The van der Waals surface area contributed by atoms with E-state index in [-0.39, 0.29) is 11.9 Å². The first kappa shape index (κ1) is 16.3. The van der Waals surface area contributed by atoms with Crippen molar-refractivity contribution >= 4 is 16.8 Å². The van der Waals surface area contributed by atoms with Crippen LogP contribution in [0.5, 0.6) is 0 Å². The van der Waals surface area contributed by atoms with Gasteiger partial charge in [0.1, 0.15) is 5.69 Å². The molecule has 0 saturated heterocycles. The fourth-order valence-corrected chi connectivity index (χ4v) is 3.12. The third-order valence-electron chi connectivity index (χ3n) is 4.42. The van der Waals surface area contributed by atoms with Crippen LogP contribution in [0.25, 0.3) is 10.9 Å². The minimum absolute atomic E-state index is 0.0381. The van der Waals surface area contributed by atoms with Gasteiger partial charge in [-0.15, -0.1) is 0 Å². The smallest absolute Gasteiger partial charge is 0.267 e. The van der Waals surface area contributed by atoms with E-state index in [0.717, 1.165) is 23.7 Å². The molecule has 0 aliphatic rings. The van der Waals surface area contributed by atoms with Crippen LogP contribution in [0.4, 0.5) is 0 Å². The van der Waals surface area contributed by atoms with Crippen LogP contribution >= 0.6 is 0 Å². The van der Waals surface area contributed by atoms with E-state index in [1.165, 1.54) is 16.7 Å². The molecule has 1 heterocycles. The number of benzene rings is 2. The second-order valence-electron chi connectivity index (χ2n) is 6.62. The first-order valence-corrected chi connectivity index (χ1v) is 8.47. The highest BCUT2D eigenvalue weighted by Crippen LogP contribution is 2.21. The fourth-order valence-electron chi connectivity index (χ4n) is 3.12. The van der Waals surface area contributed by atoms with E-state index >= 15 is 0 Å². The summed E-state index contributed by atoms with van der Waals surface area (Å²) in [5, 5.41) is 4.20. The molecule has 3 aromatic rings. The summed E-state index contributed by atoms with van der Waals surface area (Å²) < 4.78 is 0. The van der Waals surface area contributed by atoms with Gasteiger partial charge in [-0.25, -0.2) is 0 Å². The van der Waals surface area contributed by atoms with Crippen molar-refractivity contribution in [2.45, 2.75) is 39.7 Å². The maximum absolute atomic E-state index is 12.5. The molecule has 0 aliphatic heterocycles. The van der Waals surface area contributed by atoms with Crippen LogP contribution in [0.1, 0.15) is 40.5 Å². The van der Waals surface area contributed by atoms with Crippen LogP contribution in [-0.2, 0) is 6.42 Å². The van der Waals surface area contributed by atoms with Gasteiger partial charge in [0.15, 0.2) is 0 Å². The molecule has 0 saturated carbocycles. The Bertz CT molecular complexity index is 849. The molecule has 24 heavy (non-hydrogen) atoms. The van der Waals surface area contributed by atoms with Gasteiger partial charge in [0.05, 0.1) is 0 Å². The average molecular weight is 320 g/mol. The predicted octanol–water partition coefficient (Wildman–Crippen LogP) is 4.54. The second-order valence-corrected chi connectivity index (χ2v) is 6.62. The number of aromatic amines is 1. The van der Waals surface area contributed by atoms with Gasteiger partial charge in [-0.05, 0) is 62.4 Å². The molecule has 0 unspecified atom stereocenters. The van der Waals surface area contributed by atoms with Crippen LogP contribution in [0.15, 0.2) is 48.5 Å². The van der Waals surface area contributed by atoms with E-state index in [1.807, 2.05) is 24.3 Å². The van der Waals surface area contributed by atoms with Crippen LogP contribution in [-0.4, -0.2) is 16.9 Å². The Kier molecular flexibility index (Phi) is 4.70. The Labute approximate surface area is 143 Å². The standard InChI is InChI=1S/C21H24N2O/c1-14-11-15(2)18-13-20(23-19(18)12-14)21(24)22-16(3)9-10-17-7-5-4-6-8-17/h4-8,11-13,16,23H,9-10H2,1-3H3,(H,22,24)/t16-/m0/s1. The monoisotopic (exact) mass is 320 g/mol. The molecule has 124 valence electrons. The molecule has 1 amide bonds. The summed E-state index contributed by atoms with van der Waals surface area (Å²) in [6, 6.07) is 16.7. The number of hydrogen-bond acceptors (Lipinski definition) is 1. The number of carbonyl (C=O) groups is 1. The summed E-state index contributed by atoms with van der Waals surface area (Å²) in [6.07, 6.45) is 1.89. The van der Waals surface area contributed by atoms with E-state index in [0.29, 0.717) is 5.69 Å². The third-order valence-corrected chi connectivity index (χ3v) is 4.42. The van der Waals surface area contributed by atoms with Crippen LogP contribution in [0, 0.1) is 13.8 Å². The normalized spacial score (nSPS) is 12.3. The van der Waals surface area contributed by atoms with Crippen LogP contribution in [0.3, 0.4) is 0 Å². The number of rotatable bonds is 5. The van der Waals surface area contributed by atoms with E-state index in [1.54, 1.807) is 0 Å². The summed E-state index contributed by atoms with van der Waals surface area (Å²) in [7, 11) is 0. The molecule has 0 fully saturated rings. The van der Waals surface area contributed by atoms with E-state index in [9.17, 15) is 4.79 Å². The summed E-state index contributed by atoms with van der Waals surface area (Å²) in [5.74, 6) is -0.0381. The Morgan fingerprint density at radius 1 is 1.12 bits per heavy atom. The number of nitrogens with one attached hydrogen (secondary N) is 2. The second kappa shape index (κ2) is 6.91. The van der Waals surface area contributed by atoms with Gasteiger partial charge in [0.25, 0.3) is 5.91 Å². The minimum Gasteiger partial charge on any atom is -0.351 e. The highest BCUT2D eigenvalue weighted by atomic mass is 16.1. The Hall–Kier alpha value is -2.55. The molecular weight excluding hydrogens is 296 g/mol. The van der Waals surface area contributed by atoms with Crippen molar-refractivity contribution in [1.82, 2.24) is 10.3 Å². The molecule has 2 N–H and O–H groups in total. The first-order valence-electron chi connectivity index (χ1n) is 8.47. The molecule has 3 heteroatoms. The largest absolute Gasteiger partial charge is 0.351 e. The number of H-pyrrole nitrogens is 1. The summed E-state index contributed by atoms with van der Waals surface area (Å²) in [4.78, 5) is 15.7. The van der Waals surface area contributed by atoms with Gasteiger partial charge in [0, 0.05) is 16.9 Å². The zero-order valence-corrected chi connectivity index (χ0v) is 14.5. The average Bonchev–Trinajstić information content (AvgIpc) is 2.98. The quantitative estimate of drug-likeness (QED) is 0.712. The molecule has 0 radical (unpaired) electrons. The van der Waals surface area contributed by atoms with E-state index < -0.39 is 0 Å². The zero-order chi connectivity index (χ0) is 17.1. The Morgan fingerprint density at radius 2 is 1.88 bits per heavy atom. The molecule has 3 nitrogen and oxygen atoms in total. The van der Waals surface area contributed by atoms with Gasteiger partial charge in [-0.2, -0.15) is 0 Å². The third kappa shape index (κ3) is 3.67. The fraction of sp³-hybridized carbons (Fsp3) is 0.286. The van der Waals surface area contributed by atoms with Gasteiger partial charge < -0.3 is 10.3 Å². The molecule has 0 aliphatic carbocycles. The topological polar surface area (TPSA) is 44.9 Å². The highest BCUT2D eigenvalue weighted by Gasteiger charge is 2.13. The van der Waals surface area contributed by atoms with Gasteiger partial charge in [-0.1, -0.05) is 36.4 Å². The van der Waals surface area contributed by atoms with Crippen LogP contribution < -0.4 is 5.32 Å². The van der Waals surface area contributed by atoms with Gasteiger partial charge in [0.2, 0.25) is 0 Å². The number of aryl methyl sites for hydroxylation is 3. The van der Waals surface area contributed by atoms with Gasteiger partial charge >= 0.3 is 0 Å². The Balaban J connectivity index is 1.65. The SMILES string of the molecule is Cc1cc(C)c2cc(C(=O)N[C@@H](C)CCc3ccccc3)[nH]c2c1. The molecular formula is C21H24N2O. The number of fused-ring (bicyclic) bond motifs is 1. The maximum Gasteiger partial charge on any atom is 0.267 e. The molecule has 1 aromatic heterocycles. The van der Waals surface area contributed by atoms with Crippen molar-refractivity contribution in [2.24, 2.45) is 0 Å². The lowest BCUT2D eigenvalue weighted by Crippen LogP contribution is -2.33. The van der Waals surface area contributed by atoms with Crippen molar-refractivity contribution < 1.29 is 4.79 Å². The van der Waals surface area contributed by atoms with E-state index in [4.69, 9.17) is 0 Å². The van der Waals surface area contributed by atoms with Crippen molar-refractivity contribution in [2.75, 3.05) is 0 Å². The summed E-state index contributed by atoms with van der Waals surface area (Å²) in [6.45, 7) is 6.20. The van der Waals surface area contributed by atoms with Crippen molar-refractivity contribution in [3.63, 3.8) is 0 Å². The first-order chi connectivity index (χ1) is 11.5. The maximum atomic E-state index is 12.5. The van der Waals surface area contributed by atoms with Crippen molar-refractivity contribution in [3.05, 3.63) is 70.9 Å². The van der Waals surface area contributed by atoms with Gasteiger partial charge in [-0.3, -0.25) is 4.79 Å². The summed E-state index contributed by atoms with van der Waals surface area (Å²) >= 11 is 0. The molecule has 0 spiro atoms. The lowest BCUT2D eigenvalue weighted by atomic mass is 10.1. The molecule has 3 rings (SSSR count). The number of carbonyl (C=O) groups excluding carboxylic acids is 1. The lowest BCUT2D eigenvalue weighted by molar-refractivity contribution is 0.0934. The number of aromatic nitrogens is 1. The Morgan fingerprint density at radius 3 is 2.62 bits per heavy atom. The van der Waals surface area contributed by atoms with E-state index in [2.05, 4.69) is 55.3 Å². The van der Waals surface area contributed by atoms with Crippen molar-refractivity contribution in [3.8, 4) is 0 Å². The zero-order valence-electron chi connectivity index (χ0n) is 14.5. The number of hydrogen-bond donors (Lipinski definition) is 2. The lowest BCUT2D eigenvalue weighted by Gasteiger charge is -2.13. The number of amides is 1. The highest BCUT2D eigenvalue weighted by molar-refractivity contribution is 5.99.